The predicted octanol–water partition coefficient (Wildman–Crippen LogP) is -1.66. The summed E-state index contributed by atoms with van der Waals surface area (Å²) in [5, 5.41) is 8.92. The molecule has 0 spiro atoms. The Hall–Kier alpha value is -0.860. The minimum atomic E-state index is 0.499. The highest BCUT2D eigenvalue weighted by molar-refractivity contribution is 7.80. The zero-order valence-electron chi connectivity index (χ0n) is 7.62. The van der Waals surface area contributed by atoms with E-state index in [0.717, 1.165) is 32.7 Å². The van der Waals surface area contributed by atoms with E-state index in [2.05, 4.69) is 6.07 Å². The molecule has 4 nitrogen and oxygen atoms in total. The van der Waals surface area contributed by atoms with E-state index in [1.165, 1.54) is 4.90 Å². The number of quaternary nitrogens is 1. The predicted molar refractivity (Wildman–Crippen MR) is 54.2 cm³/mol. The Morgan fingerprint density at radius 2 is 2.15 bits per heavy atom. The smallest absolute Gasteiger partial charge is 0.166 e. The molecule has 0 aromatic heterocycles. The minimum Gasteiger partial charge on any atom is -0.376 e. The Balaban J connectivity index is 2.23. The molecule has 0 bridgehead atoms. The number of thiocarbonyl (C=S) groups is 1. The Bertz CT molecular complexity index is 215. The largest absolute Gasteiger partial charge is 0.376 e. The van der Waals surface area contributed by atoms with Crippen LogP contribution in [-0.4, -0.2) is 42.7 Å². The second-order valence-electron chi connectivity index (χ2n) is 3.23. The van der Waals surface area contributed by atoms with Crippen LogP contribution in [0, 0.1) is 11.3 Å². The van der Waals surface area contributed by atoms with Crippen LogP contribution in [0.15, 0.2) is 0 Å². The number of nitriles is 1. The molecule has 0 aliphatic carbocycles. The van der Waals surface area contributed by atoms with Gasteiger partial charge in [0.15, 0.2) is 5.11 Å². The third kappa shape index (κ3) is 3.17. The lowest BCUT2D eigenvalue weighted by molar-refractivity contribution is -0.903. The quantitative estimate of drug-likeness (QED) is 0.523. The first-order valence-corrected chi connectivity index (χ1v) is 4.89. The summed E-state index contributed by atoms with van der Waals surface area (Å²) >= 11 is 4.88. The molecular formula is C8H15N4S+. The highest BCUT2D eigenvalue weighted by atomic mass is 32.1. The van der Waals surface area contributed by atoms with E-state index in [0.29, 0.717) is 11.5 Å². The first kappa shape index (κ1) is 10.2. The Morgan fingerprint density at radius 1 is 1.54 bits per heavy atom. The van der Waals surface area contributed by atoms with Crippen molar-refractivity contribution in [1.82, 2.24) is 4.90 Å². The average molecular weight is 199 g/mol. The van der Waals surface area contributed by atoms with Gasteiger partial charge in [-0.2, -0.15) is 5.26 Å². The first-order chi connectivity index (χ1) is 6.24. The van der Waals surface area contributed by atoms with Crippen LogP contribution in [-0.2, 0) is 0 Å². The average Bonchev–Trinajstić information content (AvgIpc) is 2.15. The highest BCUT2D eigenvalue weighted by Crippen LogP contribution is 1.88. The number of nitrogens with two attached hydrogens (primary N) is 1. The fraction of sp³-hybridized carbons (Fsp3) is 0.750. The van der Waals surface area contributed by atoms with Crippen molar-refractivity contribution in [3.8, 4) is 6.07 Å². The van der Waals surface area contributed by atoms with Crippen molar-refractivity contribution in [3.05, 3.63) is 0 Å². The van der Waals surface area contributed by atoms with Gasteiger partial charge in [0.25, 0.3) is 0 Å². The maximum atomic E-state index is 8.42. The number of rotatable bonds is 2. The summed E-state index contributed by atoms with van der Waals surface area (Å²) in [4.78, 5) is 3.50. The van der Waals surface area contributed by atoms with Crippen molar-refractivity contribution in [3.63, 3.8) is 0 Å². The summed E-state index contributed by atoms with van der Waals surface area (Å²) in [5.41, 5.74) is 5.51. The Labute approximate surface area is 83.9 Å². The molecule has 1 aliphatic rings. The van der Waals surface area contributed by atoms with Crippen LogP contribution in [0.2, 0.25) is 0 Å². The fourth-order valence-electron chi connectivity index (χ4n) is 1.53. The van der Waals surface area contributed by atoms with E-state index in [4.69, 9.17) is 23.2 Å². The Kier molecular flexibility index (Phi) is 3.93. The van der Waals surface area contributed by atoms with E-state index < -0.39 is 0 Å². The van der Waals surface area contributed by atoms with Gasteiger partial charge in [0.05, 0.1) is 45.2 Å². The van der Waals surface area contributed by atoms with Crippen molar-refractivity contribution in [2.24, 2.45) is 5.73 Å². The second kappa shape index (κ2) is 5.00. The van der Waals surface area contributed by atoms with E-state index in [1.54, 1.807) is 0 Å². The lowest BCUT2D eigenvalue weighted by atomic mass is 10.3. The molecule has 0 unspecified atom stereocenters. The molecule has 1 aliphatic heterocycles. The lowest BCUT2D eigenvalue weighted by Gasteiger charge is -2.31. The number of nitrogens with zero attached hydrogens (tertiary/aromatic N) is 2. The molecule has 72 valence electrons. The van der Waals surface area contributed by atoms with E-state index >= 15 is 0 Å². The summed E-state index contributed by atoms with van der Waals surface area (Å²) in [7, 11) is 0. The molecule has 1 fully saturated rings. The van der Waals surface area contributed by atoms with Crippen LogP contribution in [0.5, 0.6) is 0 Å². The van der Waals surface area contributed by atoms with Gasteiger partial charge in [0.1, 0.15) is 0 Å². The summed E-state index contributed by atoms with van der Waals surface area (Å²) in [6.07, 6.45) is 0.641. The SMILES string of the molecule is N#CCC[NH+]1CCN(C(N)=S)CC1. The summed E-state index contributed by atoms with van der Waals surface area (Å²) in [5.74, 6) is 0. The van der Waals surface area contributed by atoms with Crippen LogP contribution in [0.4, 0.5) is 0 Å². The summed E-state index contributed by atoms with van der Waals surface area (Å²) in [6.45, 7) is 4.88. The van der Waals surface area contributed by atoms with Gasteiger partial charge < -0.3 is 15.5 Å². The molecule has 0 atom stereocenters. The zero-order valence-corrected chi connectivity index (χ0v) is 8.44. The molecule has 1 heterocycles. The van der Waals surface area contributed by atoms with Gasteiger partial charge in [-0.25, -0.2) is 0 Å². The molecule has 0 aromatic carbocycles. The number of hydrogen-bond acceptors (Lipinski definition) is 2. The van der Waals surface area contributed by atoms with Crippen molar-refractivity contribution in [2.75, 3.05) is 32.7 Å². The van der Waals surface area contributed by atoms with Crippen molar-refractivity contribution < 1.29 is 4.90 Å². The Morgan fingerprint density at radius 3 is 2.62 bits per heavy atom. The molecule has 0 amide bonds. The van der Waals surface area contributed by atoms with Gasteiger partial charge >= 0.3 is 0 Å². The van der Waals surface area contributed by atoms with Crippen LogP contribution >= 0.6 is 12.2 Å². The molecule has 5 heteroatoms. The molecule has 0 saturated carbocycles. The second-order valence-corrected chi connectivity index (χ2v) is 3.65. The summed E-state index contributed by atoms with van der Waals surface area (Å²) < 4.78 is 0. The number of hydrogen-bond donors (Lipinski definition) is 2. The van der Waals surface area contributed by atoms with Crippen molar-refractivity contribution in [2.45, 2.75) is 6.42 Å². The normalized spacial score (nSPS) is 18.2. The van der Waals surface area contributed by atoms with Gasteiger partial charge in [-0.3, -0.25) is 0 Å². The standard InChI is InChI=1S/C8H14N4S/c9-2-1-3-11-4-6-12(7-5-11)8(10)13/h1,3-7H2,(H2,10,13)/p+1. The minimum absolute atomic E-state index is 0.499. The van der Waals surface area contributed by atoms with Gasteiger partial charge in [0.2, 0.25) is 0 Å². The van der Waals surface area contributed by atoms with Gasteiger partial charge in [-0.15, -0.1) is 0 Å². The van der Waals surface area contributed by atoms with Crippen molar-refractivity contribution >= 4 is 17.3 Å². The van der Waals surface area contributed by atoms with Crippen LogP contribution in [0.3, 0.4) is 0 Å². The monoisotopic (exact) mass is 199 g/mol. The maximum Gasteiger partial charge on any atom is 0.166 e. The summed E-state index contributed by atoms with van der Waals surface area (Å²) in [6, 6.07) is 2.16. The third-order valence-corrected chi connectivity index (χ3v) is 2.63. The van der Waals surface area contributed by atoms with Gasteiger partial charge in [0, 0.05) is 0 Å². The molecule has 1 saturated heterocycles. The third-order valence-electron chi connectivity index (χ3n) is 2.37. The zero-order chi connectivity index (χ0) is 9.68. The molecule has 0 aromatic rings. The lowest BCUT2D eigenvalue weighted by Crippen LogP contribution is -3.14. The fourth-order valence-corrected chi connectivity index (χ4v) is 1.71. The first-order valence-electron chi connectivity index (χ1n) is 4.49. The van der Waals surface area contributed by atoms with Crippen LogP contribution in [0.25, 0.3) is 0 Å². The van der Waals surface area contributed by atoms with Gasteiger partial charge in [-0.05, 0) is 12.2 Å². The maximum absolute atomic E-state index is 8.42. The topological polar surface area (TPSA) is 57.5 Å². The van der Waals surface area contributed by atoms with E-state index in [-0.39, 0.29) is 0 Å². The van der Waals surface area contributed by atoms with Gasteiger partial charge in [-0.1, -0.05) is 0 Å². The molecule has 1 rings (SSSR count). The van der Waals surface area contributed by atoms with Crippen LogP contribution < -0.4 is 10.6 Å². The number of nitrogens with one attached hydrogen (secondary N) is 1. The van der Waals surface area contributed by atoms with Crippen LogP contribution in [0.1, 0.15) is 6.42 Å². The molecular weight excluding hydrogens is 184 g/mol. The van der Waals surface area contributed by atoms with E-state index in [1.807, 2.05) is 4.90 Å². The van der Waals surface area contributed by atoms with Crippen molar-refractivity contribution in [1.29, 1.82) is 5.26 Å². The highest BCUT2D eigenvalue weighted by Gasteiger charge is 2.19. The molecule has 3 N–H and O–H groups in total. The molecule has 13 heavy (non-hydrogen) atoms. The molecule has 0 radical (unpaired) electrons. The van der Waals surface area contributed by atoms with E-state index in [9.17, 15) is 0 Å². The number of piperazine rings is 1.